The maximum absolute atomic E-state index is 11.8. The fraction of sp³-hybridized carbons (Fsp3) is 0.316. The first-order valence-electron chi connectivity index (χ1n) is 8.09. The van der Waals surface area contributed by atoms with Gasteiger partial charge in [0, 0.05) is 17.3 Å². The number of halogens is 1. The van der Waals surface area contributed by atoms with E-state index in [1.54, 1.807) is 24.3 Å². The molecule has 0 aliphatic carbocycles. The van der Waals surface area contributed by atoms with Crippen molar-refractivity contribution in [2.75, 3.05) is 11.9 Å². The molecule has 0 atom stereocenters. The monoisotopic (exact) mass is 346 g/mol. The van der Waals surface area contributed by atoms with E-state index in [-0.39, 0.29) is 12.1 Å². The highest BCUT2D eigenvalue weighted by atomic mass is 35.5. The highest BCUT2D eigenvalue weighted by Crippen LogP contribution is 2.16. The van der Waals surface area contributed by atoms with Gasteiger partial charge in [-0.15, -0.1) is 0 Å². The number of ether oxygens (including phenoxy) is 1. The maximum Gasteiger partial charge on any atom is 0.319 e. The lowest BCUT2D eigenvalue weighted by molar-refractivity contribution is 0.242. The first-order chi connectivity index (χ1) is 11.5. The van der Waals surface area contributed by atoms with Crippen molar-refractivity contribution in [2.24, 2.45) is 0 Å². The molecule has 0 spiro atoms. The van der Waals surface area contributed by atoms with E-state index in [1.807, 2.05) is 32.0 Å². The Kier molecular flexibility index (Phi) is 6.94. The van der Waals surface area contributed by atoms with Crippen LogP contribution in [-0.4, -0.2) is 18.7 Å². The lowest BCUT2D eigenvalue weighted by Crippen LogP contribution is -2.29. The Hall–Kier alpha value is -2.20. The Bertz CT molecular complexity index is 657. The van der Waals surface area contributed by atoms with Crippen molar-refractivity contribution in [3.8, 4) is 5.75 Å². The smallest absolute Gasteiger partial charge is 0.319 e. The van der Waals surface area contributed by atoms with Crippen molar-refractivity contribution in [2.45, 2.75) is 32.8 Å². The van der Waals surface area contributed by atoms with Crippen molar-refractivity contribution < 1.29 is 9.53 Å². The van der Waals surface area contributed by atoms with Crippen molar-refractivity contribution in [1.29, 1.82) is 0 Å². The molecular formula is C19H23ClN2O2. The van der Waals surface area contributed by atoms with Crippen LogP contribution in [0.15, 0.2) is 48.5 Å². The molecule has 0 saturated carbocycles. The lowest BCUT2D eigenvalue weighted by atomic mass is 10.1. The van der Waals surface area contributed by atoms with Crippen molar-refractivity contribution >= 4 is 23.3 Å². The Morgan fingerprint density at radius 1 is 1.17 bits per heavy atom. The first-order valence-corrected chi connectivity index (χ1v) is 8.47. The third-order valence-corrected chi connectivity index (χ3v) is 3.55. The summed E-state index contributed by atoms with van der Waals surface area (Å²) in [5, 5.41) is 6.26. The number of benzene rings is 2. The van der Waals surface area contributed by atoms with E-state index in [9.17, 15) is 4.79 Å². The molecule has 0 fully saturated rings. The minimum absolute atomic E-state index is 0.165. The standard InChI is InChI=1S/C19H23ClN2O2/c1-14(2)24-18-7-3-5-15(13-18)6-4-12-21-19(23)22-17-10-8-16(20)9-11-17/h3,5,7-11,13-14H,4,6,12H2,1-2H3,(H2,21,22,23). The number of anilines is 1. The van der Waals surface area contributed by atoms with Gasteiger partial charge in [0.05, 0.1) is 6.10 Å². The number of carbonyl (C=O) groups is 1. The second-order valence-corrected chi connectivity index (χ2v) is 6.24. The van der Waals surface area contributed by atoms with Crippen LogP contribution in [0.4, 0.5) is 10.5 Å². The Morgan fingerprint density at radius 3 is 2.62 bits per heavy atom. The molecule has 2 amide bonds. The Morgan fingerprint density at radius 2 is 1.92 bits per heavy atom. The minimum atomic E-state index is -0.214. The van der Waals surface area contributed by atoms with Gasteiger partial charge in [0.2, 0.25) is 0 Å². The molecule has 4 nitrogen and oxygen atoms in total. The van der Waals surface area contributed by atoms with Crippen LogP contribution in [0.3, 0.4) is 0 Å². The summed E-state index contributed by atoms with van der Waals surface area (Å²) in [5.41, 5.74) is 1.92. The van der Waals surface area contributed by atoms with Crippen molar-refractivity contribution in [1.82, 2.24) is 5.32 Å². The molecule has 5 heteroatoms. The fourth-order valence-corrected chi connectivity index (χ4v) is 2.38. The lowest BCUT2D eigenvalue weighted by Gasteiger charge is -2.11. The third-order valence-electron chi connectivity index (χ3n) is 3.30. The Balaban J connectivity index is 1.70. The van der Waals surface area contributed by atoms with Gasteiger partial charge in [-0.2, -0.15) is 0 Å². The minimum Gasteiger partial charge on any atom is -0.491 e. The highest BCUT2D eigenvalue weighted by Gasteiger charge is 2.02. The Labute approximate surface area is 148 Å². The fourth-order valence-electron chi connectivity index (χ4n) is 2.25. The van der Waals surface area contributed by atoms with Crippen LogP contribution in [0.2, 0.25) is 5.02 Å². The van der Waals surface area contributed by atoms with Crippen LogP contribution in [-0.2, 0) is 6.42 Å². The molecule has 0 heterocycles. The molecule has 0 radical (unpaired) electrons. The normalized spacial score (nSPS) is 10.5. The molecule has 0 aromatic heterocycles. The zero-order valence-corrected chi connectivity index (χ0v) is 14.8. The molecule has 2 aromatic rings. The number of rotatable bonds is 7. The van der Waals surface area contributed by atoms with Gasteiger partial charge in [0.1, 0.15) is 5.75 Å². The zero-order valence-electron chi connectivity index (χ0n) is 14.0. The van der Waals surface area contributed by atoms with Crippen LogP contribution in [0, 0.1) is 0 Å². The summed E-state index contributed by atoms with van der Waals surface area (Å²) in [5.74, 6) is 0.885. The van der Waals surface area contributed by atoms with E-state index < -0.39 is 0 Å². The van der Waals surface area contributed by atoms with Gasteiger partial charge in [0.25, 0.3) is 0 Å². The second-order valence-electron chi connectivity index (χ2n) is 5.81. The third kappa shape index (κ3) is 6.50. The van der Waals surface area contributed by atoms with Gasteiger partial charge >= 0.3 is 6.03 Å². The van der Waals surface area contributed by atoms with E-state index >= 15 is 0 Å². The average Bonchev–Trinajstić information content (AvgIpc) is 2.53. The SMILES string of the molecule is CC(C)Oc1cccc(CCCNC(=O)Nc2ccc(Cl)cc2)c1. The highest BCUT2D eigenvalue weighted by molar-refractivity contribution is 6.30. The molecule has 0 unspecified atom stereocenters. The van der Waals surface area contributed by atoms with Gasteiger partial charge in [-0.25, -0.2) is 4.79 Å². The largest absolute Gasteiger partial charge is 0.491 e. The summed E-state index contributed by atoms with van der Waals surface area (Å²) in [7, 11) is 0. The van der Waals surface area contributed by atoms with Crippen LogP contribution in [0.25, 0.3) is 0 Å². The molecule has 0 bridgehead atoms. The first kappa shape index (κ1) is 18.1. The van der Waals surface area contributed by atoms with E-state index in [4.69, 9.17) is 16.3 Å². The summed E-state index contributed by atoms with van der Waals surface area (Å²) >= 11 is 5.81. The van der Waals surface area contributed by atoms with Crippen molar-refractivity contribution in [3.05, 3.63) is 59.1 Å². The maximum atomic E-state index is 11.8. The van der Waals surface area contributed by atoms with E-state index in [0.717, 1.165) is 24.3 Å². The number of urea groups is 1. The molecular weight excluding hydrogens is 324 g/mol. The predicted molar refractivity (Wildman–Crippen MR) is 99.0 cm³/mol. The molecule has 128 valence electrons. The molecule has 24 heavy (non-hydrogen) atoms. The number of carbonyl (C=O) groups excluding carboxylic acids is 1. The summed E-state index contributed by atoms with van der Waals surface area (Å²) in [4.78, 5) is 11.8. The van der Waals surface area contributed by atoms with Crippen LogP contribution >= 0.6 is 11.6 Å². The van der Waals surface area contributed by atoms with E-state index in [2.05, 4.69) is 16.7 Å². The topological polar surface area (TPSA) is 50.4 Å². The predicted octanol–water partition coefficient (Wildman–Crippen LogP) is 4.88. The molecule has 0 saturated heterocycles. The average molecular weight is 347 g/mol. The molecule has 2 N–H and O–H groups in total. The number of nitrogens with one attached hydrogen (secondary N) is 2. The number of hydrogen-bond donors (Lipinski definition) is 2. The van der Waals surface area contributed by atoms with Crippen LogP contribution in [0.1, 0.15) is 25.8 Å². The summed E-state index contributed by atoms with van der Waals surface area (Å²) in [6.07, 6.45) is 1.91. The second kappa shape index (κ2) is 9.18. The van der Waals surface area contributed by atoms with E-state index in [0.29, 0.717) is 11.6 Å². The molecule has 0 aliphatic rings. The number of aryl methyl sites for hydroxylation is 1. The van der Waals surface area contributed by atoms with Gasteiger partial charge in [-0.3, -0.25) is 0 Å². The van der Waals surface area contributed by atoms with Gasteiger partial charge in [-0.05, 0) is 68.7 Å². The zero-order chi connectivity index (χ0) is 17.4. The van der Waals surface area contributed by atoms with Gasteiger partial charge < -0.3 is 15.4 Å². The molecule has 2 aromatic carbocycles. The number of hydrogen-bond acceptors (Lipinski definition) is 2. The van der Waals surface area contributed by atoms with Crippen LogP contribution < -0.4 is 15.4 Å². The van der Waals surface area contributed by atoms with Gasteiger partial charge in [-0.1, -0.05) is 23.7 Å². The molecule has 0 aliphatic heterocycles. The summed E-state index contributed by atoms with van der Waals surface area (Å²) in [6.45, 7) is 4.63. The van der Waals surface area contributed by atoms with Gasteiger partial charge in [0.15, 0.2) is 0 Å². The summed E-state index contributed by atoms with van der Waals surface area (Å²) < 4.78 is 5.69. The van der Waals surface area contributed by atoms with E-state index in [1.165, 1.54) is 5.56 Å². The van der Waals surface area contributed by atoms with Crippen molar-refractivity contribution in [3.63, 3.8) is 0 Å². The van der Waals surface area contributed by atoms with Crippen LogP contribution in [0.5, 0.6) is 5.75 Å². The number of amides is 2. The quantitative estimate of drug-likeness (QED) is 0.702. The summed E-state index contributed by atoms with van der Waals surface area (Å²) in [6, 6.07) is 14.9. The molecule has 2 rings (SSSR count).